The molecule has 208 valence electrons. The Labute approximate surface area is 239 Å². The van der Waals surface area contributed by atoms with E-state index in [1.165, 1.54) is 12.7 Å². The van der Waals surface area contributed by atoms with Crippen LogP contribution in [-0.4, -0.2) is 47.9 Å². The summed E-state index contributed by atoms with van der Waals surface area (Å²) in [5.41, 5.74) is 4.54. The van der Waals surface area contributed by atoms with Gasteiger partial charge in [-0.15, -0.1) is 11.3 Å². The Morgan fingerprint density at radius 3 is 2.25 bits per heavy atom. The van der Waals surface area contributed by atoms with Crippen LogP contribution >= 0.6 is 11.3 Å². The third-order valence-electron chi connectivity index (χ3n) is 7.02. The van der Waals surface area contributed by atoms with E-state index >= 15 is 0 Å². The zero-order valence-electron chi connectivity index (χ0n) is 24.0. The van der Waals surface area contributed by atoms with Gasteiger partial charge in [-0.2, -0.15) is 0 Å². The Morgan fingerprint density at radius 2 is 1.65 bits per heavy atom. The highest BCUT2D eigenvalue weighted by Gasteiger charge is 2.28. The molecule has 4 aromatic rings. The molecular weight excluding hydrogens is 522 g/mol. The van der Waals surface area contributed by atoms with Gasteiger partial charge in [-0.1, -0.05) is 63.2 Å². The third-order valence-corrected chi connectivity index (χ3v) is 8.21. The Balaban J connectivity index is 1.79. The Morgan fingerprint density at radius 1 is 1.00 bits per heavy atom. The topological polar surface area (TPSA) is 88.6 Å². The number of anilines is 1. The maximum absolute atomic E-state index is 13.8. The first-order valence-corrected chi connectivity index (χ1v) is 14.1. The number of fused-ring (bicyclic) bond motifs is 1. The lowest BCUT2D eigenvalue weighted by Crippen LogP contribution is -2.30. The molecule has 0 atom stereocenters. The molecule has 0 saturated heterocycles. The van der Waals surface area contributed by atoms with Crippen molar-refractivity contribution in [2.75, 3.05) is 25.5 Å². The van der Waals surface area contributed by atoms with E-state index < -0.39 is 11.9 Å². The zero-order chi connectivity index (χ0) is 29.2. The summed E-state index contributed by atoms with van der Waals surface area (Å²) in [6, 6.07) is 17.4. The molecule has 2 aromatic carbocycles. The lowest BCUT2D eigenvalue weighted by atomic mass is 9.86. The second-order valence-electron chi connectivity index (χ2n) is 10.6. The minimum absolute atomic E-state index is 0.0160. The Kier molecular flexibility index (Phi) is 8.40. The molecule has 0 saturated carbocycles. The first kappa shape index (κ1) is 29.0. The molecule has 7 nitrogen and oxygen atoms in total. The number of thiophene rings is 1. The molecule has 0 spiro atoms. The number of pyridine rings is 1. The summed E-state index contributed by atoms with van der Waals surface area (Å²) in [4.78, 5) is 46.7. The summed E-state index contributed by atoms with van der Waals surface area (Å²) in [5, 5.41) is 3.88. The number of aromatic nitrogens is 1. The van der Waals surface area contributed by atoms with Crippen LogP contribution in [0.15, 0.2) is 54.6 Å². The Bertz CT molecular complexity index is 1580. The number of benzene rings is 2. The summed E-state index contributed by atoms with van der Waals surface area (Å²) in [5.74, 6) is -1.20. The number of carbonyl (C=O) groups is 3. The summed E-state index contributed by atoms with van der Waals surface area (Å²) in [6.07, 6.45) is 0. The number of ether oxygens (including phenoxy) is 1. The number of methoxy groups -OCH3 is 1. The van der Waals surface area contributed by atoms with Crippen molar-refractivity contribution in [1.29, 1.82) is 0 Å². The van der Waals surface area contributed by atoms with Gasteiger partial charge in [0.1, 0.15) is 5.00 Å². The number of rotatable bonds is 7. The van der Waals surface area contributed by atoms with Gasteiger partial charge in [-0.05, 0) is 49.4 Å². The first-order chi connectivity index (χ1) is 19.0. The van der Waals surface area contributed by atoms with Crippen LogP contribution in [0.3, 0.4) is 0 Å². The lowest BCUT2D eigenvalue weighted by molar-refractivity contribution is 0.0601. The van der Waals surface area contributed by atoms with Gasteiger partial charge in [-0.25, -0.2) is 9.78 Å². The molecule has 0 fully saturated rings. The van der Waals surface area contributed by atoms with Gasteiger partial charge in [0.25, 0.3) is 11.8 Å². The van der Waals surface area contributed by atoms with E-state index in [4.69, 9.17) is 9.72 Å². The van der Waals surface area contributed by atoms with Crippen molar-refractivity contribution < 1.29 is 19.1 Å². The molecule has 8 heteroatoms. The molecule has 0 bridgehead atoms. The lowest BCUT2D eigenvalue weighted by Gasteiger charge is -2.19. The zero-order valence-corrected chi connectivity index (χ0v) is 24.9. The van der Waals surface area contributed by atoms with Gasteiger partial charge in [0.05, 0.1) is 34.3 Å². The van der Waals surface area contributed by atoms with Gasteiger partial charge in [0, 0.05) is 24.0 Å². The standard InChI is InChI=1S/C32H35N3O4S/c1-8-35(9-2)30(37)27-19(3)26(31(38)39-7)29(40-27)34-28(36)23-18-25(33-24-13-11-10-12-22(23)24)20-14-16-21(17-15-20)32(4,5)6/h10-18H,8-9H2,1-7H3,(H,34,36). The van der Waals surface area contributed by atoms with Crippen LogP contribution in [0.1, 0.15) is 76.1 Å². The predicted octanol–water partition coefficient (Wildman–Crippen LogP) is 7.09. The summed E-state index contributed by atoms with van der Waals surface area (Å²) in [6.45, 7) is 13.1. The van der Waals surface area contributed by atoms with E-state index in [2.05, 4.69) is 38.2 Å². The number of para-hydroxylation sites is 1. The van der Waals surface area contributed by atoms with Crippen molar-refractivity contribution >= 4 is 45.0 Å². The second kappa shape index (κ2) is 11.6. The van der Waals surface area contributed by atoms with Crippen LogP contribution in [0.25, 0.3) is 22.2 Å². The number of amides is 2. The molecule has 0 radical (unpaired) electrons. The minimum Gasteiger partial charge on any atom is -0.465 e. The fourth-order valence-electron chi connectivity index (χ4n) is 4.63. The molecule has 0 aliphatic heterocycles. The first-order valence-electron chi connectivity index (χ1n) is 13.3. The van der Waals surface area contributed by atoms with Crippen molar-refractivity contribution in [2.24, 2.45) is 0 Å². The molecular formula is C32H35N3O4S. The maximum atomic E-state index is 13.8. The van der Waals surface area contributed by atoms with Crippen LogP contribution in [0.5, 0.6) is 0 Å². The van der Waals surface area contributed by atoms with E-state index in [-0.39, 0.29) is 21.9 Å². The highest BCUT2D eigenvalue weighted by Crippen LogP contribution is 2.36. The second-order valence-corrected chi connectivity index (χ2v) is 11.6. The smallest absolute Gasteiger partial charge is 0.341 e. The maximum Gasteiger partial charge on any atom is 0.341 e. The monoisotopic (exact) mass is 557 g/mol. The van der Waals surface area contributed by atoms with Gasteiger partial charge < -0.3 is 15.0 Å². The number of hydrogen-bond acceptors (Lipinski definition) is 6. The Hall–Kier alpha value is -4.04. The molecule has 2 heterocycles. The summed E-state index contributed by atoms with van der Waals surface area (Å²) >= 11 is 1.09. The van der Waals surface area contributed by atoms with Crippen LogP contribution in [0.2, 0.25) is 0 Å². The molecule has 2 aromatic heterocycles. The van der Waals surface area contributed by atoms with E-state index in [1.54, 1.807) is 17.9 Å². The van der Waals surface area contributed by atoms with Crippen LogP contribution in [0.4, 0.5) is 5.00 Å². The number of nitrogens with one attached hydrogen (secondary N) is 1. The van der Waals surface area contributed by atoms with Gasteiger partial charge >= 0.3 is 5.97 Å². The van der Waals surface area contributed by atoms with Crippen molar-refractivity contribution in [3.8, 4) is 11.3 Å². The van der Waals surface area contributed by atoms with Gasteiger partial charge in [0.15, 0.2) is 0 Å². The predicted molar refractivity (Wildman–Crippen MR) is 161 cm³/mol. The van der Waals surface area contributed by atoms with Crippen LogP contribution in [-0.2, 0) is 10.2 Å². The molecule has 4 rings (SSSR count). The number of esters is 1. The molecule has 0 aliphatic carbocycles. The summed E-state index contributed by atoms with van der Waals surface area (Å²) < 4.78 is 5.01. The molecule has 2 amide bonds. The fraction of sp³-hybridized carbons (Fsp3) is 0.312. The number of hydrogen-bond donors (Lipinski definition) is 1. The SMILES string of the molecule is CCN(CC)C(=O)c1sc(NC(=O)c2cc(-c3ccc(C(C)(C)C)cc3)nc3ccccc23)c(C(=O)OC)c1C. The van der Waals surface area contributed by atoms with Crippen LogP contribution in [0, 0.1) is 6.92 Å². The number of carbonyl (C=O) groups excluding carboxylic acids is 3. The molecule has 0 aliphatic rings. The largest absolute Gasteiger partial charge is 0.465 e. The van der Waals surface area contributed by atoms with Crippen molar-refractivity contribution in [3.05, 3.63) is 81.7 Å². The van der Waals surface area contributed by atoms with Crippen molar-refractivity contribution in [1.82, 2.24) is 9.88 Å². The van der Waals surface area contributed by atoms with E-state index in [0.29, 0.717) is 45.7 Å². The van der Waals surface area contributed by atoms with Crippen molar-refractivity contribution in [2.45, 2.75) is 47.0 Å². The van der Waals surface area contributed by atoms with Gasteiger partial charge in [0.2, 0.25) is 0 Å². The van der Waals surface area contributed by atoms with E-state index in [0.717, 1.165) is 16.9 Å². The minimum atomic E-state index is -0.609. The highest BCUT2D eigenvalue weighted by atomic mass is 32.1. The van der Waals surface area contributed by atoms with E-state index in [9.17, 15) is 14.4 Å². The quantitative estimate of drug-likeness (QED) is 0.245. The summed E-state index contributed by atoms with van der Waals surface area (Å²) in [7, 11) is 1.28. The average molecular weight is 558 g/mol. The fourth-order valence-corrected chi connectivity index (χ4v) is 5.79. The molecule has 0 unspecified atom stereocenters. The average Bonchev–Trinajstić information content (AvgIpc) is 3.27. The van der Waals surface area contributed by atoms with Gasteiger partial charge in [-0.3, -0.25) is 9.59 Å². The van der Waals surface area contributed by atoms with Crippen molar-refractivity contribution in [3.63, 3.8) is 0 Å². The number of nitrogens with zero attached hydrogens (tertiary/aromatic N) is 2. The van der Waals surface area contributed by atoms with Crippen LogP contribution < -0.4 is 5.32 Å². The third kappa shape index (κ3) is 5.63. The highest BCUT2D eigenvalue weighted by molar-refractivity contribution is 7.18. The normalized spacial score (nSPS) is 11.4. The molecule has 1 N–H and O–H groups in total. The van der Waals surface area contributed by atoms with E-state index in [1.807, 2.05) is 50.2 Å². The molecule has 40 heavy (non-hydrogen) atoms.